The van der Waals surface area contributed by atoms with Crippen LogP contribution in [0.15, 0.2) is 24.3 Å². The molecule has 0 aromatic heterocycles. The summed E-state index contributed by atoms with van der Waals surface area (Å²) >= 11 is 0. The number of carbonyl (C=O) groups excluding carboxylic acids is 3. The molecule has 0 spiro atoms. The van der Waals surface area contributed by atoms with Crippen molar-refractivity contribution >= 4 is 27.6 Å². The number of sulfone groups is 1. The predicted octanol–water partition coefficient (Wildman–Crippen LogP) is 0.858. The maximum atomic E-state index is 12.6. The van der Waals surface area contributed by atoms with Gasteiger partial charge in [-0.2, -0.15) is 0 Å². The van der Waals surface area contributed by atoms with Crippen LogP contribution in [0.1, 0.15) is 41.0 Å². The second-order valence-electron chi connectivity index (χ2n) is 6.59. The topological polar surface area (TPSA) is 101 Å². The Bertz CT molecular complexity index is 766. The summed E-state index contributed by atoms with van der Waals surface area (Å²) in [7, 11) is -3.22. The summed E-state index contributed by atoms with van der Waals surface area (Å²) in [5.74, 6) is -1.65. The van der Waals surface area contributed by atoms with Crippen molar-refractivity contribution in [3.8, 4) is 0 Å². The van der Waals surface area contributed by atoms with Crippen LogP contribution in [0.25, 0.3) is 0 Å². The quantitative estimate of drug-likeness (QED) is 0.721. The molecule has 1 aromatic rings. The van der Waals surface area contributed by atoms with Crippen LogP contribution in [-0.2, 0) is 14.6 Å². The Labute approximate surface area is 147 Å². The Kier molecular flexibility index (Phi) is 5.62. The van der Waals surface area contributed by atoms with E-state index >= 15 is 0 Å². The first-order chi connectivity index (χ1) is 11.6. The Morgan fingerprint density at radius 2 is 1.64 bits per heavy atom. The van der Waals surface area contributed by atoms with Gasteiger partial charge >= 0.3 is 0 Å². The minimum atomic E-state index is -3.22. The number of nitrogens with zero attached hydrogens (tertiary/aromatic N) is 1. The smallest absolute Gasteiger partial charge is 0.262 e. The van der Waals surface area contributed by atoms with Crippen molar-refractivity contribution in [2.45, 2.75) is 26.3 Å². The number of fused-ring (bicyclic) bond motifs is 1. The third-order valence-electron chi connectivity index (χ3n) is 3.91. The van der Waals surface area contributed by atoms with Crippen LogP contribution in [0.4, 0.5) is 0 Å². The van der Waals surface area contributed by atoms with E-state index in [4.69, 9.17) is 0 Å². The summed E-state index contributed by atoms with van der Waals surface area (Å²) in [5.41, 5.74) is 0.565. The SMILES string of the molecule is CC(C)CC(C(=O)NCCS(C)(=O)=O)N1C(=O)c2ccccc2C1=O. The van der Waals surface area contributed by atoms with E-state index in [2.05, 4.69) is 5.32 Å². The first-order valence-corrected chi connectivity index (χ1v) is 10.1. The lowest BCUT2D eigenvalue weighted by molar-refractivity contribution is -0.125. The molecule has 1 aromatic carbocycles. The van der Waals surface area contributed by atoms with E-state index in [9.17, 15) is 22.8 Å². The zero-order chi connectivity index (χ0) is 18.8. The molecule has 1 aliphatic rings. The van der Waals surface area contributed by atoms with Crippen molar-refractivity contribution < 1.29 is 22.8 Å². The molecule has 2 rings (SSSR count). The lowest BCUT2D eigenvalue weighted by Gasteiger charge is -2.26. The highest BCUT2D eigenvalue weighted by molar-refractivity contribution is 7.90. The molecule has 0 saturated heterocycles. The van der Waals surface area contributed by atoms with E-state index in [0.717, 1.165) is 11.2 Å². The average molecular weight is 366 g/mol. The standard InChI is InChI=1S/C17H22N2O5S/c1-11(2)10-14(15(20)18-8-9-25(3,23)24)19-16(21)12-6-4-5-7-13(12)17(19)22/h4-7,11,14H,8-10H2,1-3H3,(H,18,20). The van der Waals surface area contributed by atoms with Crippen molar-refractivity contribution in [1.29, 1.82) is 0 Å². The highest BCUT2D eigenvalue weighted by Crippen LogP contribution is 2.26. The molecule has 1 unspecified atom stereocenters. The van der Waals surface area contributed by atoms with Crippen molar-refractivity contribution in [3.63, 3.8) is 0 Å². The molecule has 136 valence electrons. The van der Waals surface area contributed by atoms with Gasteiger partial charge in [0.25, 0.3) is 11.8 Å². The molecule has 1 heterocycles. The minimum absolute atomic E-state index is 0.0601. The molecule has 1 N–H and O–H groups in total. The predicted molar refractivity (Wildman–Crippen MR) is 92.9 cm³/mol. The van der Waals surface area contributed by atoms with Crippen LogP contribution < -0.4 is 5.32 Å². The second-order valence-corrected chi connectivity index (χ2v) is 8.85. The number of imide groups is 1. The van der Waals surface area contributed by atoms with Crippen LogP contribution >= 0.6 is 0 Å². The Hall–Kier alpha value is -2.22. The van der Waals surface area contributed by atoms with Crippen LogP contribution in [0, 0.1) is 5.92 Å². The van der Waals surface area contributed by atoms with Crippen LogP contribution in [-0.4, -0.2) is 55.6 Å². The van der Waals surface area contributed by atoms with Gasteiger partial charge in [-0.25, -0.2) is 8.42 Å². The maximum Gasteiger partial charge on any atom is 0.262 e. The normalized spacial score (nSPS) is 15.4. The first kappa shape index (κ1) is 19.1. The van der Waals surface area contributed by atoms with E-state index in [-0.39, 0.29) is 29.3 Å². The third-order valence-corrected chi connectivity index (χ3v) is 4.85. The van der Waals surface area contributed by atoms with E-state index in [1.165, 1.54) is 0 Å². The number of hydrogen-bond acceptors (Lipinski definition) is 5. The molecule has 0 aliphatic carbocycles. The van der Waals surface area contributed by atoms with E-state index < -0.39 is 33.6 Å². The molecule has 0 bridgehead atoms. The summed E-state index contributed by atoms with van der Waals surface area (Å²) in [6, 6.07) is 5.48. The monoisotopic (exact) mass is 366 g/mol. The van der Waals surface area contributed by atoms with Crippen LogP contribution in [0.3, 0.4) is 0 Å². The zero-order valence-corrected chi connectivity index (χ0v) is 15.3. The van der Waals surface area contributed by atoms with Gasteiger partial charge in [-0.15, -0.1) is 0 Å². The lowest BCUT2D eigenvalue weighted by atomic mass is 10.0. The van der Waals surface area contributed by atoms with Crippen molar-refractivity contribution in [2.24, 2.45) is 5.92 Å². The van der Waals surface area contributed by atoms with Crippen molar-refractivity contribution in [3.05, 3.63) is 35.4 Å². The fraction of sp³-hybridized carbons (Fsp3) is 0.471. The number of amides is 3. The molecule has 0 saturated carbocycles. The van der Waals surface area contributed by atoms with E-state index in [1.807, 2.05) is 13.8 Å². The Morgan fingerprint density at radius 1 is 1.12 bits per heavy atom. The van der Waals surface area contributed by atoms with Gasteiger partial charge in [-0.05, 0) is 24.5 Å². The third kappa shape index (κ3) is 4.45. The van der Waals surface area contributed by atoms with E-state index in [0.29, 0.717) is 6.42 Å². The molecule has 0 fully saturated rings. The van der Waals surface area contributed by atoms with E-state index in [1.54, 1.807) is 24.3 Å². The van der Waals surface area contributed by atoms with Gasteiger partial charge in [-0.1, -0.05) is 26.0 Å². The fourth-order valence-electron chi connectivity index (χ4n) is 2.74. The van der Waals surface area contributed by atoms with Crippen molar-refractivity contribution in [1.82, 2.24) is 10.2 Å². The van der Waals surface area contributed by atoms with Gasteiger partial charge in [0.1, 0.15) is 15.9 Å². The number of benzene rings is 1. The van der Waals surface area contributed by atoms with Gasteiger partial charge in [-0.3, -0.25) is 19.3 Å². The highest BCUT2D eigenvalue weighted by Gasteiger charge is 2.42. The molecule has 3 amide bonds. The summed E-state index contributed by atoms with van der Waals surface area (Å²) in [6.45, 7) is 3.71. The highest BCUT2D eigenvalue weighted by atomic mass is 32.2. The molecule has 1 atom stereocenters. The number of nitrogens with one attached hydrogen (secondary N) is 1. The summed E-state index contributed by atoms with van der Waals surface area (Å²) in [5, 5.41) is 2.53. The number of hydrogen-bond donors (Lipinski definition) is 1. The average Bonchev–Trinajstić information content (AvgIpc) is 2.76. The Morgan fingerprint density at radius 3 is 2.08 bits per heavy atom. The molecule has 25 heavy (non-hydrogen) atoms. The molecule has 8 heteroatoms. The lowest BCUT2D eigenvalue weighted by Crippen LogP contribution is -2.50. The van der Waals surface area contributed by atoms with Gasteiger partial charge in [0.2, 0.25) is 5.91 Å². The van der Waals surface area contributed by atoms with Gasteiger partial charge in [0, 0.05) is 12.8 Å². The molecular weight excluding hydrogens is 344 g/mol. The van der Waals surface area contributed by atoms with Crippen LogP contribution in [0.5, 0.6) is 0 Å². The van der Waals surface area contributed by atoms with Gasteiger partial charge in [0.05, 0.1) is 16.9 Å². The van der Waals surface area contributed by atoms with Gasteiger partial charge < -0.3 is 5.32 Å². The number of carbonyl (C=O) groups is 3. The Balaban J connectivity index is 2.22. The summed E-state index contributed by atoms with van der Waals surface area (Å²) in [4.78, 5) is 38.7. The van der Waals surface area contributed by atoms with Gasteiger partial charge in [0.15, 0.2) is 0 Å². The maximum absolute atomic E-state index is 12.6. The molecule has 7 nitrogen and oxygen atoms in total. The molecular formula is C17H22N2O5S. The zero-order valence-electron chi connectivity index (χ0n) is 14.5. The van der Waals surface area contributed by atoms with Crippen LogP contribution in [0.2, 0.25) is 0 Å². The largest absolute Gasteiger partial charge is 0.353 e. The fourth-order valence-corrected chi connectivity index (χ4v) is 3.22. The molecule has 0 radical (unpaired) electrons. The van der Waals surface area contributed by atoms with Crippen molar-refractivity contribution in [2.75, 3.05) is 18.6 Å². The minimum Gasteiger partial charge on any atom is -0.353 e. The molecule has 1 aliphatic heterocycles. The number of rotatable bonds is 7. The summed E-state index contributed by atoms with van der Waals surface area (Å²) < 4.78 is 22.4. The first-order valence-electron chi connectivity index (χ1n) is 8.04. The summed E-state index contributed by atoms with van der Waals surface area (Å²) in [6.07, 6.45) is 1.38. The second kappa shape index (κ2) is 7.35.